The number of hydrogen-bond acceptors (Lipinski definition) is 6. The van der Waals surface area contributed by atoms with E-state index in [1.54, 1.807) is 16.7 Å². The summed E-state index contributed by atoms with van der Waals surface area (Å²) in [5.74, 6) is -0.257. The number of amides is 1. The van der Waals surface area contributed by atoms with E-state index in [0.717, 1.165) is 29.8 Å². The number of aromatic carboxylic acids is 1. The van der Waals surface area contributed by atoms with Crippen molar-refractivity contribution < 1.29 is 19.4 Å². The van der Waals surface area contributed by atoms with Gasteiger partial charge in [-0.15, -0.1) is 0 Å². The number of carbonyl (C=O) groups excluding carboxylic acids is 1. The number of nitrogens with zero attached hydrogens (tertiary/aromatic N) is 3. The van der Waals surface area contributed by atoms with Crippen LogP contribution in [-0.2, 0) is 30.7 Å². The van der Waals surface area contributed by atoms with Crippen LogP contribution in [0.3, 0.4) is 0 Å². The minimum Gasteiger partial charge on any atom is -0.497 e. The topological polar surface area (TPSA) is 109 Å². The molecule has 1 aromatic carbocycles. The zero-order valence-electron chi connectivity index (χ0n) is 17.2. The molecular weight excluding hydrogens is 386 g/mol. The molecule has 1 amide bonds. The van der Waals surface area contributed by atoms with Crippen LogP contribution >= 0.6 is 0 Å². The number of ether oxygens (including phenoxy) is 1. The third-order valence-electron chi connectivity index (χ3n) is 5.81. The van der Waals surface area contributed by atoms with E-state index >= 15 is 0 Å². The second kappa shape index (κ2) is 8.45. The third-order valence-corrected chi connectivity index (χ3v) is 5.81. The minimum atomic E-state index is -1.06. The van der Waals surface area contributed by atoms with E-state index in [2.05, 4.69) is 16.0 Å². The highest BCUT2D eigenvalue weighted by Crippen LogP contribution is 2.25. The monoisotopic (exact) mass is 413 g/mol. The van der Waals surface area contributed by atoms with Crippen LogP contribution in [-0.4, -0.2) is 57.4 Å². The quantitative estimate of drug-likeness (QED) is 0.648. The minimum absolute atomic E-state index is 0.000165. The predicted molar refractivity (Wildman–Crippen MR) is 109 cm³/mol. The molecule has 1 aromatic heterocycles. The fourth-order valence-electron chi connectivity index (χ4n) is 4.16. The smallest absolute Gasteiger partial charge is 0.356 e. The largest absolute Gasteiger partial charge is 0.497 e. The summed E-state index contributed by atoms with van der Waals surface area (Å²) in [5, 5.41) is 14.0. The van der Waals surface area contributed by atoms with E-state index in [4.69, 9.17) is 4.74 Å². The molecule has 0 spiro atoms. The maximum Gasteiger partial charge on any atom is 0.356 e. The van der Waals surface area contributed by atoms with Crippen LogP contribution in [0.4, 0.5) is 0 Å². The van der Waals surface area contributed by atoms with Crippen LogP contribution < -0.4 is 15.6 Å². The van der Waals surface area contributed by atoms with Gasteiger partial charge in [0.25, 0.3) is 0 Å². The number of hydrogen-bond donors (Lipinski definition) is 3. The maximum atomic E-state index is 12.8. The molecule has 0 saturated carbocycles. The summed E-state index contributed by atoms with van der Waals surface area (Å²) in [5.41, 5.74) is 8.83. The van der Waals surface area contributed by atoms with Crippen molar-refractivity contribution in [2.75, 3.05) is 13.7 Å². The normalized spacial score (nSPS) is 20.8. The van der Waals surface area contributed by atoms with Crippen molar-refractivity contribution in [1.82, 2.24) is 25.5 Å². The van der Waals surface area contributed by atoms with Gasteiger partial charge in [0, 0.05) is 43.4 Å². The van der Waals surface area contributed by atoms with Crippen molar-refractivity contribution in [1.29, 1.82) is 0 Å². The Kier molecular flexibility index (Phi) is 5.74. The Bertz CT molecular complexity index is 940. The zero-order chi connectivity index (χ0) is 21.3. The highest BCUT2D eigenvalue weighted by Gasteiger charge is 2.35. The average Bonchev–Trinajstić information content (AvgIpc) is 3.35. The number of aromatic nitrogens is 2. The van der Waals surface area contributed by atoms with Crippen LogP contribution in [0.25, 0.3) is 0 Å². The number of carboxylic acid groups (broad SMARTS) is 1. The summed E-state index contributed by atoms with van der Waals surface area (Å²) in [6, 6.07) is 7.77. The van der Waals surface area contributed by atoms with Gasteiger partial charge in [-0.2, -0.15) is 5.10 Å². The molecule has 1 fully saturated rings. The van der Waals surface area contributed by atoms with E-state index in [1.807, 2.05) is 31.2 Å². The lowest BCUT2D eigenvalue weighted by Gasteiger charge is -2.29. The zero-order valence-corrected chi connectivity index (χ0v) is 17.2. The van der Waals surface area contributed by atoms with Gasteiger partial charge in [-0.05, 0) is 37.5 Å². The molecular formula is C21H27N5O4. The highest BCUT2D eigenvalue weighted by molar-refractivity contribution is 5.88. The molecule has 1 saturated heterocycles. The first-order valence-electron chi connectivity index (χ1n) is 10.2. The van der Waals surface area contributed by atoms with E-state index in [-0.39, 0.29) is 30.2 Å². The van der Waals surface area contributed by atoms with E-state index in [0.29, 0.717) is 25.1 Å². The number of carboxylic acids is 1. The van der Waals surface area contributed by atoms with Crippen molar-refractivity contribution in [2.45, 2.75) is 51.4 Å². The molecule has 2 aliphatic rings. The average molecular weight is 413 g/mol. The molecule has 160 valence electrons. The van der Waals surface area contributed by atoms with Gasteiger partial charge in [-0.1, -0.05) is 12.1 Å². The van der Waals surface area contributed by atoms with Crippen LogP contribution in [0, 0.1) is 0 Å². The number of hydrazine groups is 1. The summed E-state index contributed by atoms with van der Waals surface area (Å²) < 4.78 is 6.98. The number of methoxy groups -OCH3 is 1. The Balaban J connectivity index is 1.50. The van der Waals surface area contributed by atoms with Gasteiger partial charge in [0.1, 0.15) is 11.8 Å². The van der Waals surface area contributed by atoms with E-state index in [1.165, 1.54) is 0 Å². The Morgan fingerprint density at radius 1 is 1.27 bits per heavy atom. The van der Waals surface area contributed by atoms with Gasteiger partial charge in [0.05, 0.1) is 7.11 Å². The number of aryl methyl sites for hydroxylation is 2. The van der Waals surface area contributed by atoms with Crippen molar-refractivity contribution in [3.8, 4) is 5.75 Å². The second-order valence-corrected chi connectivity index (χ2v) is 7.89. The standard InChI is InChI=1S/C21H27N5O4/c1-13-11-17(23-22-13)20(27)25-9-8-18-16(12-25)19(21(28)29)24-26(18)10-7-14-3-5-15(30-2)6-4-14/h3-6,13,17,22-23H,7-12H2,1-2H3,(H,28,29). The number of carbonyl (C=O) groups is 2. The van der Waals surface area contributed by atoms with E-state index < -0.39 is 5.97 Å². The summed E-state index contributed by atoms with van der Waals surface area (Å²) in [6.45, 7) is 3.45. The molecule has 3 heterocycles. The van der Waals surface area contributed by atoms with Gasteiger partial charge in [-0.3, -0.25) is 14.9 Å². The first-order valence-corrected chi connectivity index (χ1v) is 10.2. The van der Waals surface area contributed by atoms with Crippen molar-refractivity contribution in [3.63, 3.8) is 0 Å². The lowest BCUT2D eigenvalue weighted by atomic mass is 10.0. The highest BCUT2D eigenvalue weighted by atomic mass is 16.5. The van der Waals surface area contributed by atoms with Gasteiger partial charge in [0.15, 0.2) is 5.69 Å². The number of benzene rings is 1. The molecule has 4 rings (SSSR count). The van der Waals surface area contributed by atoms with Crippen LogP contribution in [0.1, 0.15) is 40.7 Å². The van der Waals surface area contributed by atoms with Gasteiger partial charge in [-0.25, -0.2) is 10.2 Å². The molecule has 2 aromatic rings. The summed E-state index contributed by atoms with van der Waals surface area (Å²) in [6.07, 6.45) is 2.05. The molecule has 0 bridgehead atoms. The van der Waals surface area contributed by atoms with Gasteiger partial charge < -0.3 is 14.7 Å². The van der Waals surface area contributed by atoms with Gasteiger partial charge in [0.2, 0.25) is 5.91 Å². The fraction of sp³-hybridized carbons (Fsp3) is 0.476. The number of fused-ring (bicyclic) bond motifs is 1. The fourth-order valence-corrected chi connectivity index (χ4v) is 4.16. The molecule has 9 nitrogen and oxygen atoms in total. The lowest BCUT2D eigenvalue weighted by Crippen LogP contribution is -2.47. The summed E-state index contributed by atoms with van der Waals surface area (Å²) in [4.78, 5) is 26.4. The van der Waals surface area contributed by atoms with Crippen molar-refractivity contribution in [3.05, 3.63) is 46.8 Å². The molecule has 30 heavy (non-hydrogen) atoms. The second-order valence-electron chi connectivity index (χ2n) is 7.89. The molecule has 0 radical (unpaired) electrons. The van der Waals surface area contributed by atoms with Crippen molar-refractivity contribution >= 4 is 11.9 Å². The Morgan fingerprint density at radius 3 is 2.67 bits per heavy atom. The molecule has 9 heteroatoms. The number of nitrogens with one attached hydrogen (secondary N) is 2. The van der Waals surface area contributed by atoms with Crippen molar-refractivity contribution in [2.24, 2.45) is 0 Å². The van der Waals surface area contributed by atoms with Gasteiger partial charge >= 0.3 is 5.97 Å². The summed E-state index contributed by atoms with van der Waals surface area (Å²) >= 11 is 0. The Labute approximate surface area is 175 Å². The number of rotatable bonds is 6. The SMILES string of the molecule is COc1ccc(CCn2nc(C(=O)O)c3c2CCN(C(=O)C2CC(C)NN2)C3)cc1. The maximum absolute atomic E-state index is 12.8. The van der Waals surface area contributed by atoms with Crippen LogP contribution in [0.5, 0.6) is 5.75 Å². The molecule has 3 N–H and O–H groups in total. The van der Waals surface area contributed by atoms with E-state index in [9.17, 15) is 14.7 Å². The molecule has 2 atom stereocenters. The molecule has 0 aliphatic carbocycles. The lowest BCUT2D eigenvalue weighted by molar-refractivity contribution is -0.134. The van der Waals surface area contributed by atoms with Crippen LogP contribution in [0.2, 0.25) is 0 Å². The summed E-state index contributed by atoms with van der Waals surface area (Å²) in [7, 11) is 1.63. The molecule has 2 aliphatic heterocycles. The third kappa shape index (κ3) is 4.03. The molecule has 2 unspecified atom stereocenters. The predicted octanol–water partition coefficient (Wildman–Crippen LogP) is 0.972. The first-order chi connectivity index (χ1) is 14.5. The Hall–Kier alpha value is -2.91. The Morgan fingerprint density at radius 2 is 2.03 bits per heavy atom. The van der Waals surface area contributed by atoms with Crippen LogP contribution in [0.15, 0.2) is 24.3 Å². The first kappa shape index (κ1) is 20.4.